The zero-order valence-corrected chi connectivity index (χ0v) is 22.1. The lowest BCUT2D eigenvalue weighted by Gasteiger charge is -2.57. The SMILES string of the molecule is CCC(C)(C)C(C)C(=O)C1(C(C)C)C=C(C)CC(O)C1(O)C1CCCOC(C)(C)CS1. The summed E-state index contributed by atoms with van der Waals surface area (Å²) in [6.45, 7) is 19.2. The summed E-state index contributed by atoms with van der Waals surface area (Å²) < 4.78 is 5.98. The van der Waals surface area contributed by atoms with Gasteiger partial charge in [0.1, 0.15) is 11.4 Å². The van der Waals surface area contributed by atoms with Gasteiger partial charge < -0.3 is 14.9 Å². The number of hydrogen-bond acceptors (Lipinski definition) is 5. The zero-order valence-electron chi connectivity index (χ0n) is 21.2. The van der Waals surface area contributed by atoms with Gasteiger partial charge in [0.2, 0.25) is 0 Å². The maximum Gasteiger partial charge on any atom is 0.149 e. The van der Waals surface area contributed by atoms with Crippen LogP contribution in [-0.4, -0.2) is 50.9 Å². The van der Waals surface area contributed by atoms with E-state index in [2.05, 4.69) is 34.6 Å². The number of aliphatic hydroxyl groups is 2. The second-order valence-electron chi connectivity index (χ2n) is 11.5. The third kappa shape index (κ3) is 4.81. The van der Waals surface area contributed by atoms with Crippen LogP contribution in [-0.2, 0) is 9.53 Å². The molecule has 1 saturated heterocycles. The lowest BCUT2D eigenvalue weighted by molar-refractivity contribution is -0.183. The molecule has 4 nitrogen and oxygen atoms in total. The number of rotatable bonds is 6. The first-order valence-electron chi connectivity index (χ1n) is 12.0. The predicted molar refractivity (Wildman–Crippen MR) is 130 cm³/mol. The number of Topliss-reactive ketones (excluding diaryl/α,β-unsaturated/α-hetero) is 1. The minimum absolute atomic E-state index is 0.0631. The molecule has 1 fully saturated rings. The average Bonchev–Trinajstić information content (AvgIpc) is 2.66. The molecular formula is C26H46O4S. The molecule has 1 aliphatic heterocycles. The number of carbonyl (C=O) groups excluding carboxylic acids is 1. The van der Waals surface area contributed by atoms with Gasteiger partial charge in [0.05, 0.1) is 17.1 Å². The molecule has 2 rings (SSSR count). The molecule has 180 valence electrons. The van der Waals surface area contributed by atoms with Gasteiger partial charge in [-0.2, -0.15) is 11.8 Å². The third-order valence-electron chi connectivity index (χ3n) is 8.18. The Morgan fingerprint density at radius 2 is 1.94 bits per heavy atom. The van der Waals surface area contributed by atoms with Crippen molar-refractivity contribution in [3.63, 3.8) is 0 Å². The Bertz CT molecular complexity index is 683. The van der Waals surface area contributed by atoms with E-state index in [0.717, 1.165) is 18.4 Å². The van der Waals surface area contributed by atoms with E-state index in [1.807, 2.05) is 33.8 Å². The largest absolute Gasteiger partial charge is 0.390 e. The van der Waals surface area contributed by atoms with Gasteiger partial charge in [-0.05, 0) is 51.4 Å². The normalized spacial score (nSPS) is 35.8. The molecule has 0 amide bonds. The Hall–Kier alpha value is -0.360. The highest BCUT2D eigenvalue weighted by Gasteiger charge is 2.65. The molecule has 1 aliphatic carbocycles. The second kappa shape index (κ2) is 9.48. The van der Waals surface area contributed by atoms with E-state index in [1.165, 1.54) is 0 Å². The summed E-state index contributed by atoms with van der Waals surface area (Å²) >= 11 is 1.66. The Kier molecular flexibility index (Phi) is 8.22. The molecule has 2 aliphatic rings. The van der Waals surface area contributed by atoms with Crippen LogP contribution < -0.4 is 0 Å². The summed E-state index contributed by atoms with van der Waals surface area (Å²) in [5.74, 6) is 0.404. The Labute approximate surface area is 194 Å². The van der Waals surface area contributed by atoms with Gasteiger partial charge in [-0.15, -0.1) is 0 Å². The van der Waals surface area contributed by atoms with Crippen LogP contribution in [0.1, 0.15) is 88.0 Å². The van der Waals surface area contributed by atoms with E-state index in [9.17, 15) is 15.0 Å². The van der Waals surface area contributed by atoms with Crippen LogP contribution >= 0.6 is 11.8 Å². The van der Waals surface area contributed by atoms with Crippen LogP contribution in [0.25, 0.3) is 0 Å². The summed E-state index contributed by atoms with van der Waals surface area (Å²) in [6, 6.07) is 0. The Balaban J connectivity index is 2.66. The van der Waals surface area contributed by atoms with Gasteiger partial charge in [0, 0.05) is 23.5 Å². The third-order valence-corrected chi connectivity index (χ3v) is 10.0. The van der Waals surface area contributed by atoms with E-state index in [0.29, 0.717) is 25.2 Å². The summed E-state index contributed by atoms with van der Waals surface area (Å²) in [7, 11) is 0. The van der Waals surface area contributed by atoms with Crippen molar-refractivity contribution in [3.8, 4) is 0 Å². The molecule has 5 heteroatoms. The lowest BCUT2D eigenvalue weighted by atomic mass is 9.51. The highest BCUT2D eigenvalue weighted by molar-refractivity contribution is 8.00. The molecule has 0 radical (unpaired) electrons. The first kappa shape index (κ1) is 26.9. The molecule has 31 heavy (non-hydrogen) atoms. The van der Waals surface area contributed by atoms with Crippen LogP contribution in [0.4, 0.5) is 0 Å². The van der Waals surface area contributed by atoms with Crippen LogP contribution in [0.2, 0.25) is 0 Å². The van der Waals surface area contributed by atoms with Gasteiger partial charge in [-0.1, -0.05) is 59.6 Å². The van der Waals surface area contributed by atoms with Crippen molar-refractivity contribution in [3.05, 3.63) is 11.6 Å². The number of thioether (sulfide) groups is 1. The Morgan fingerprint density at radius 1 is 1.32 bits per heavy atom. The maximum absolute atomic E-state index is 14.3. The van der Waals surface area contributed by atoms with Crippen LogP contribution in [0, 0.1) is 22.7 Å². The van der Waals surface area contributed by atoms with Gasteiger partial charge in [0.25, 0.3) is 0 Å². The first-order chi connectivity index (χ1) is 14.2. The van der Waals surface area contributed by atoms with Crippen molar-refractivity contribution in [1.82, 2.24) is 0 Å². The number of carbonyl (C=O) groups is 1. The van der Waals surface area contributed by atoms with E-state index >= 15 is 0 Å². The van der Waals surface area contributed by atoms with Crippen LogP contribution in [0.3, 0.4) is 0 Å². The van der Waals surface area contributed by atoms with E-state index in [1.54, 1.807) is 11.8 Å². The number of ether oxygens (including phenoxy) is 1. The van der Waals surface area contributed by atoms with Crippen molar-refractivity contribution in [1.29, 1.82) is 0 Å². The standard InChI is InChI=1S/C26H46O4S/c1-10-23(6,7)19(5)22(28)25(17(2)3)15-18(4)14-20(27)26(25,29)21-12-11-13-30-24(8,9)16-31-21/h15,17,19-21,27,29H,10-14,16H2,1-9H3. The number of aliphatic hydroxyl groups excluding tert-OH is 1. The van der Waals surface area contributed by atoms with Crippen molar-refractivity contribution >= 4 is 17.5 Å². The van der Waals surface area contributed by atoms with Crippen LogP contribution in [0.5, 0.6) is 0 Å². The van der Waals surface area contributed by atoms with Gasteiger partial charge in [-0.25, -0.2) is 0 Å². The Morgan fingerprint density at radius 3 is 2.48 bits per heavy atom. The molecule has 1 heterocycles. The predicted octanol–water partition coefficient (Wildman–Crippen LogP) is 5.40. The highest BCUT2D eigenvalue weighted by atomic mass is 32.2. The summed E-state index contributed by atoms with van der Waals surface area (Å²) in [5.41, 5.74) is -2.14. The quantitative estimate of drug-likeness (QED) is 0.526. The van der Waals surface area contributed by atoms with Gasteiger partial charge in [0.15, 0.2) is 0 Å². The number of hydrogen-bond donors (Lipinski definition) is 2. The summed E-state index contributed by atoms with van der Waals surface area (Å²) in [4.78, 5) is 14.3. The molecule has 2 N–H and O–H groups in total. The first-order valence-corrected chi connectivity index (χ1v) is 13.1. The van der Waals surface area contributed by atoms with Crippen molar-refractivity contribution in [2.45, 2.75) is 111 Å². The average molecular weight is 455 g/mol. The molecule has 0 aromatic rings. The smallest absolute Gasteiger partial charge is 0.149 e. The monoisotopic (exact) mass is 454 g/mol. The fraction of sp³-hybridized carbons (Fsp3) is 0.885. The van der Waals surface area contributed by atoms with Crippen LogP contribution in [0.15, 0.2) is 11.6 Å². The molecule has 0 aromatic heterocycles. The lowest BCUT2D eigenvalue weighted by Crippen LogP contribution is -2.69. The van der Waals surface area contributed by atoms with E-state index in [4.69, 9.17) is 4.74 Å². The maximum atomic E-state index is 14.3. The van der Waals surface area contributed by atoms with Crippen molar-refractivity contribution in [2.75, 3.05) is 12.4 Å². The van der Waals surface area contributed by atoms with Crippen molar-refractivity contribution < 1.29 is 19.7 Å². The molecule has 0 saturated carbocycles. The number of ketones is 1. The molecular weight excluding hydrogens is 408 g/mol. The highest BCUT2D eigenvalue weighted by Crippen LogP contribution is 2.56. The van der Waals surface area contributed by atoms with Gasteiger partial charge in [-0.3, -0.25) is 4.79 Å². The minimum Gasteiger partial charge on any atom is -0.390 e. The second-order valence-corrected chi connectivity index (χ2v) is 12.7. The fourth-order valence-corrected chi connectivity index (χ4v) is 7.00. The van der Waals surface area contributed by atoms with E-state index in [-0.39, 0.29) is 33.9 Å². The van der Waals surface area contributed by atoms with Crippen molar-refractivity contribution in [2.24, 2.45) is 22.7 Å². The zero-order chi connectivity index (χ0) is 23.8. The van der Waals surface area contributed by atoms with E-state index < -0.39 is 17.1 Å². The molecule has 0 bridgehead atoms. The molecule has 0 spiro atoms. The summed E-state index contributed by atoms with van der Waals surface area (Å²) in [5, 5.41) is 23.7. The summed E-state index contributed by atoms with van der Waals surface area (Å²) in [6.07, 6.45) is 3.85. The molecule has 5 unspecified atom stereocenters. The minimum atomic E-state index is -1.52. The topological polar surface area (TPSA) is 66.8 Å². The molecule has 0 aromatic carbocycles. The molecule has 5 atom stereocenters. The van der Waals surface area contributed by atoms with Gasteiger partial charge >= 0.3 is 0 Å². The fourth-order valence-electron chi connectivity index (χ4n) is 5.37.